The summed E-state index contributed by atoms with van der Waals surface area (Å²) in [5.74, 6) is -1.11. The van der Waals surface area contributed by atoms with Gasteiger partial charge >= 0.3 is 12.1 Å². The van der Waals surface area contributed by atoms with Crippen molar-refractivity contribution in [2.24, 2.45) is 0 Å². The lowest BCUT2D eigenvalue weighted by Crippen LogP contribution is -2.33. The zero-order valence-corrected chi connectivity index (χ0v) is 20.7. The topological polar surface area (TPSA) is 162 Å². The third-order valence-corrected chi connectivity index (χ3v) is 7.36. The molecule has 0 saturated heterocycles. The van der Waals surface area contributed by atoms with Gasteiger partial charge in [-0.1, -0.05) is 0 Å². The number of rotatable bonds is 8. The predicted octanol–water partition coefficient (Wildman–Crippen LogP) is 3.54. The Kier molecular flexibility index (Phi) is 6.25. The number of halogens is 3. The Morgan fingerprint density at radius 1 is 1.29 bits per heavy atom. The van der Waals surface area contributed by atoms with Gasteiger partial charge in [0, 0.05) is 31.0 Å². The molecule has 0 bridgehead atoms. The number of carbonyl (C=O) groups excluding carboxylic acids is 1. The maximum Gasteiger partial charge on any atom is 0.389 e. The molecule has 4 aromatic rings. The average molecular weight is 547 g/mol. The molecule has 5 rings (SSSR count). The summed E-state index contributed by atoms with van der Waals surface area (Å²) < 4.78 is 39.4. The molecule has 15 heteroatoms. The van der Waals surface area contributed by atoms with Crippen LogP contribution in [0, 0.1) is 0 Å². The highest BCUT2D eigenvalue weighted by atomic mass is 32.1. The summed E-state index contributed by atoms with van der Waals surface area (Å²) >= 11 is 1.21. The number of nitrogens with zero attached hydrogens (tertiary/aromatic N) is 6. The molecule has 0 aliphatic carbocycles. The van der Waals surface area contributed by atoms with Gasteiger partial charge in [-0.05, 0) is 25.5 Å². The fourth-order valence-corrected chi connectivity index (χ4v) is 5.38. The van der Waals surface area contributed by atoms with Gasteiger partial charge in [-0.3, -0.25) is 9.59 Å². The zero-order chi connectivity index (χ0) is 27.2. The largest absolute Gasteiger partial charge is 0.481 e. The van der Waals surface area contributed by atoms with Gasteiger partial charge in [0.15, 0.2) is 11.5 Å². The first-order chi connectivity index (χ1) is 18.0. The van der Waals surface area contributed by atoms with Crippen LogP contribution in [0.5, 0.6) is 0 Å². The Morgan fingerprint density at radius 3 is 2.82 bits per heavy atom. The van der Waals surface area contributed by atoms with Crippen molar-refractivity contribution >= 4 is 45.9 Å². The van der Waals surface area contributed by atoms with Crippen molar-refractivity contribution in [2.75, 3.05) is 11.1 Å². The maximum atomic E-state index is 13.2. The summed E-state index contributed by atoms with van der Waals surface area (Å²) in [6.07, 6.45) is -3.79. The second-order valence-corrected chi connectivity index (χ2v) is 9.80. The number of nitrogen functional groups attached to an aromatic ring is 1. The van der Waals surface area contributed by atoms with E-state index in [9.17, 15) is 22.8 Å². The summed E-state index contributed by atoms with van der Waals surface area (Å²) in [5.41, 5.74) is 6.56. The molecule has 0 spiro atoms. The molecule has 4 N–H and O–H groups in total. The second kappa shape index (κ2) is 9.31. The number of carbonyl (C=O) groups is 2. The van der Waals surface area contributed by atoms with Crippen LogP contribution in [0.25, 0.3) is 22.6 Å². The van der Waals surface area contributed by atoms with Crippen molar-refractivity contribution in [2.45, 2.75) is 50.7 Å². The van der Waals surface area contributed by atoms with Crippen molar-refractivity contribution in [3.8, 4) is 11.5 Å². The van der Waals surface area contributed by atoms with Gasteiger partial charge in [0.1, 0.15) is 27.8 Å². The van der Waals surface area contributed by atoms with Gasteiger partial charge < -0.3 is 16.2 Å². The number of aromatic nitrogens is 6. The first-order valence-electron chi connectivity index (χ1n) is 11.5. The van der Waals surface area contributed by atoms with Gasteiger partial charge in [0.05, 0.1) is 23.1 Å². The summed E-state index contributed by atoms with van der Waals surface area (Å²) in [7, 11) is 0. The molecule has 4 aromatic heterocycles. The number of thiazole rings is 1. The van der Waals surface area contributed by atoms with Crippen LogP contribution in [0.2, 0.25) is 0 Å². The van der Waals surface area contributed by atoms with E-state index in [2.05, 4.69) is 30.4 Å². The number of carboxylic acids is 1. The lowest BCUT2D eigenvalue weighted by molar-refractivity contribution is -0.137. The van der Waals surface area contributed by atoms with E-state index in [1.807, 2.05) is 0 Å². The van der Waals surface area contributed by atoms with E-state index in [1.54, 1.807) is 24.4 Å². The number of carboxylic acid groups (broad SMARTS) is 1. The molecule has 1 amide bonds. The molecule has 1 aliphatic rings. The van der Waals surface area contributed by atoms with Crippen LogP contribution in [-0.4, -0.2) is 52.9 Å². The second-order valence-electron chi connectivity index (χ2n) is 8.94. The van der Waals surface area contributed by atoms with Crippen LogP contribution in [0.3, 0.4) is 0 Å². The molecule has 0 radical (unpaired) electrons. The summed E-state index contributed by atoms with van der Waals surface area (Å²) in [5, 5.41) is 18.7. The van der Waals surface area contributed by atoms with Gasteiger partial charge in [-0.15, -0.1) is 11.3 Å². The van der Waals surface area contributed by atoms with E-state index in [0.717, 1.165) is 0 Å². The highest BCUT2D eigenvalue weighted by molar-refractivity contribution is 7.10. The number of nitrogens with two attached hydrogens (primary N) is 1. The van der Waals surface area contributed by atoms with Crippen molar-refractivity contribution in [3.05, 3.63) is 40.0 Å². The summed E-state index contributed by atoms with van der Waals surface area (Å²) in [4.78, 5) is 41.7. The van der Waals surface area contributed by atoms with E-state index < -0.39 is 29.9 Å². The minimum atomic E-state index is -4.28. The number of hydrogen-bond acceptors (Lipinski definition) is 9. The molecule has 38 heavy (non-hydrogen) atoms. The van der Waals surface area contributed by atoms with E-state index >= 15 is 0 Å². The maximum absolute atomic E-state index is 13.2. The molecule has 1 atom stereocenters. The van der Waals surface area contributed by atoms with Gasteiger partial charge in [0.25, 0.3) is 0 Å². The van der Waals surface area contributed by atoms with E-state index in [0.29, 0.717) is 27.3 Å². The van der Waals surface area contributed by atoms with E-state index in [4.69, 9.17) is 10.8 Å². The monoisotopic (exact) mass is 546 g/mol. The molecule has 0 saturated carbocycles. The Hall–Kier alpha value is -4.14. The summed E-state index contributed by atoms with van der Waals surface area (Å²) in [6.45, 7) is 1.62. The number of hydrogen-bond donors (Lipinski definition) is 3. The van der Waals surface area contributed by atoms with Crippen molar-refractivity contribution in [1.29, 1.82) is 0 Å². The van der Waals surface area contributed by atoms with Crippen molar-refractivity contribution in [3.63, 3.8) is 0 Å². The molecular weight excluding hydrogens is 525 g/mol. The number of anilines is 2. The number of pyridine rings is 1. The van der Waals surface area contributed by atoms with Crippen molar-refractivity contribution in [1.82, 2.24) is 29.7 Å². The number of fused-ring (bicyclic) bond motifs is 2. The normalized spacial score (nSPS) is 17.1. The highest BCUT2D eigenvalue weighted by Crippen LogP contribution is 2.46. The van der Waals surface area contributed by atoms with Crippen LogP contribution < -0.4 is 11.1 Å². The van der Waals surface area contributed by atoms with Gasteiger partial charge in [-0.2, -0.15) is 18.3 Å². The number of aryl methyl sites for hydroxylation is 2. The van der Waals surface area contributed by atoms with Crippen LogP contribution in [0.1, 0.15) is 42.5 Å². The lowest BCUT2D eigenvalue weighted by Gasteiger charge is -2.20. The van der Waals surface area contributed by atoms with Crippen LogP contribution in [-0.2, 0) is 28.0 Å². The Bertz CT molecular complexity index is 1570. The van der Waals surface area contributed by atoms with E-state index in [-0.39, 0.29) is 49.0 Å². The number of alkyl halides is 3. The first-order valence-corrected chi connectivity index (χ1v) is 12.4. The van der Waals surface area contributed by atoms with E-state index in [1.165, 1.54) is 22.2 Å². The first kappa shape index (κ1) is 25.5. The molecule has 0 fully saturated rings. The molecular formula is C23H21F3N8O3S. The highest BCUT2D eigenvalue weighted by Gasteiger charge is 2.49. The summed E-state index contributed by atoms with van der Waals surface area (Å²) in [6, 6.07) is 3.36. The Balaban J connectivity index is 1.52. The minimum absolute atomic E-state index is 0.0109. The third-order valence-electron chi connectivity index (χ3n) is 6.25. The van der Waals surface area contributed by atoms with Crippen molar-refractivity contribution < 1.29 is 27.9 Å². The number of nitrogens with one attached hydrogen (secondary N) is 1. The fraction of sp³-hybridized carbons (Fsp3) is 0.348. The molecule has 0 aromatic carbocycles. The van der Waals surface area contributed by atoms with Gasteiger partial charge in [-0.25, -0.2) is 24.6 Å². The van der Waals surface area contributed by atoms with Gasteiger partial charge in [0.2, 0.25) is 5.91 Å². The molecule has 11 nitrogen and oxygen atoms in total. The standard InChI is InChI=1S/C23H21F3N8O3S/c1-22(21-29-11(10-38-21)5-6-13(35)36)14-16(27)30-18(31-17(14)32-20(22)37)15-12-4-2-8-28-19(12)34(33-15)9-3-7-23(24,25)26/h2,4,8,10H,3,5-7,9H2,1H3,(H,35,36)(H3,27,30,31,32,37). The predicted molar refractivity (Wildman–Crippen MR) is 131 cm³/mol. The average Bonchev–Trinajstić information content (AvgIpc) is 3.53. The SMILES string of the molecule is CC1(c2nc(CCC(=O)O)cs2)C(=O)Nc2nc(-c3nn(CCCC(F)(F)F)c4ncccc34)nc(N)c21. The Morgan fingerprint density at radius 2 is 2.08 bits per heavy atom. The molecule has 1 aliphatic heterocycles. The lowest BCUT2D eigenvalue weighted by atomic mass is 9.85. The smallest absolute Gasteiger partial charge is 0.389 e. The Labute approximate surface area is 217 Å². The molecule has 1 unspecified atom stereocenters. The quantitative estimate of drug-likeness (QED) is 0.300. The molecule has 198 valence electrons. The number of amides is 1. The fourth-order valence-electron chi connectivity index (χ4n) is 4.36. The minimum Gasteiger partial charge on any atom is -0.481 e. The number of aliphatic carboxylic acids is 1. The molecule has 5 heterocycles. The zero-order valence-electron chi connectivity index (χ0n) is 19.9. The van der Waals surface area contributed by atoms with Crippen LogP contribution in [0.15, 0.2) is 23.7 Å². The van der Waals surface area contributed by atoms with Crippen LogP contribution >= 0.6 is 11.3 Å². The van der Waals surface area contributed by atoms with Crippen LogP contribution in [0.4, 0.5) is 24.8 Å². The third kappa shape index (κ3) is 4.53.